The summed E-state index contributed by atoms with van der Waals surface area (Å²) in [5.74, 6) is -0.185. The number of piperazine rings is 1. The number of carbonyl (C=O) groups is 1. The zero-order valence-corrected chi connectivity index (χ0v) is 15.5. The van der Waals surface area contributed by atoms with Crippen molar-refractivity contribution in [3.63, 3.8) is 0 Å². The normalized spacial score (nSPS) is 24.6. The van der Waals surface area contributed by atoms with Gasteiger partial charge >= 0.3 is 0 Å². The number of carbonyl (C=O) groups excluding carboxylic acids is 1. The van der Waals surface area contributed by atoms with Crippen LogP contribution in [0, 0.1) is 0 Å². The number of aromatic nitrogens is 2. The number of likely N-dealkylation sites (tertiary alicyclic amines) is 1. The molecule has 3 heterocycles. The molecule has 8 nitrogen and oxygen atoms in total. The fraction of sp³-hybridized carbons (Fsp3) is 0.526. The molecule has 2 atom stereocenters. The molecule has 144 valence electrons. The van der Waals surface area contributed by atoms with Crippen molar-refractivity contribution < 1.29 is 9.90 Å². The van der Waals surface area contributed by atoms with Crippen LogP contribution in [0.5, 0.6) is 0 Å². The van der Waals surface area contributed by atoms with Gasteiger partial charge in [0.2, 0.25) is 5.91 Å². The third-order valence-electron chi connectivity index (χ3n) is 5.67. The third kappa shape index (κ3) is 3.60. The molecule has 4 rings (SSSR count). The Morgan fingerprint density at radius 3 is 2.70 bits per heavy atom. The molecule has 2 aromatic rings. The van der Waals surface area contributed by atoms with Crippen LogP contribution in [0.1, 0.15) is 0 Å². The summed E-state index contributed by atoms with van der Waals surface area (Å²) >= 11 is 0. The van der Waals surface area contributed by atoms with Crippen LogP contribution in [-0.4, -0.2) is 94.0 Å². The lowest BCUT2D eigenvalue weighted by Crippen LogP contribution is -2.52. The van der Waals surface area contributed by atoms with Crippen LogP contribution in [0.15, 0.2) is 35.3 Å². The molecular weight excluding hydrogens is 346 g/mol. The van der Waals surface area contributed by atoms with E-state index in [9.17, 15) is 14.7 Å². The fourth-order valence-corrected chi connectivity index (χ4v) is 3.95. The smallest absolute Gasteiger partial charge is 0.275 e. The van der Waals surface area contributed by atoms with Crippen LogP contribution in [0.2, 0.25) is 0 Å². The van der Waals surface area contributed by atoms with Gasteiger partial charge in [-0.2, -0.15) is 5.10 Å². The van der Waals surface area contributed by atoms with Crippen LogP contribution >= 0.6 is 0 Å². The molecular formula is C19H25N5O3. The average molecular weight is 371 g/mol. The van der Waals surface area contributed by atoms with Gasteiger partial charge in [-0.1, -0.05) is 18.2 Å². The van der Waals surface area contributed by atoms with E-state index in [2.05, 4.69) is 21.9 Å². The van der Waals surface area contributed by atoms with E-state index in [1.54, 1.807) is 23.2 Å². The molecule has 1 aromatic heterocycles. The van der Waals surface area contributed by atoms with Gasteiger partial charge in [-0.3, -0.25) is 14.5 Å². The third-order valence-corrected chi connectivity index (χ3v) is 5.67. The van der Waals surface area contributed by atoms with E-state index < -0.39 is 6.10 Å². The van der Waals surface area contributed by atoms with Gasteiger partial charge in [0, 0.05) is 44.7 Å². The van der Waals surface area contributed by atoms with Gasteiger partial charge in [0.25, 0.3) is 5.56 Å². The molecule has 2 aliphatic heterocycles. The van der Waals surface area contributed by atoms with Crippen LogP contribution < -0.4 is 5.56 Å². The number of aliphatic hydroxyl groups is 1. The van der Waals surface area contributed by atoms with E-state index in [4.69, 9.17) is 0 Å². The first kappa shape index (κ1) is 18.1. The van der Waals surface area contributed by atoms with Crippen LogP contribution in [0.4, 0.5) is 0 Å². The highest BCUT2D eigenvalue weighted by molar-refractivity contribution is 5.81. The van der Waals surface area contributed by atoms with E-state index in [0.717, 1.165) is 31.6 Å². The SMILES string of the molecule is CN1CCN([C@H]2CN(C(=O)Cn3ncc4ccccc4c3=O)C[C@@H]2O)CC1. The summed E-state index contributed by atoms with van der Waals surface area (Å²) in [6, 6.07) is 7.18. The molecule has 0 saturated carbocycles. The number of hydrogen-bond donors (Lipinski definition) is 1. The molecule has 27 heavy (non-hydrogen) atoms. The second-order valence-corrected chi connectivity index (χ2v) is 7.47. The van der Waals surface area contributed by atoms with Gasteiger partial charge in [-0.25, -0.2) is 4.68 Å². The highest BCUT2D eigenvalue weighted by Gasteiger charge is 2.38. The summed E-state index contributed by atoms with van der Waals surface area (Å²) in [6.45, 7) is 4.41. The molecule has 2 saturated heterocycles. The van der Waals surface area contributed by atoms with Crippen molar-refractivity contribution in [2.24, 2.45) is 0 Å². The average Bonchev–Trinajstić information content (AvgIpc) is 3.07. The van der Waals surface area contributed by atoms with Gasteiger partial charge in [-0.15, -0.1) is 0 Å². The standard InChI is InChI=1S/C19H25N5O3/c1-21-6-8-22(9-7-21)16-11-23(12-17(16)25)18(26)13-24-19(27)15-5-3-2-4-14(15)10-20-24/h2-5,10,16-17,25H,6-9,11-13H2,1H3/t16-,17-/m0/s1. The van der Waals surface area contributed by atoms with Crippen LogP contribution in [0.3, 0.4) is 0 Å². The van der Waals surface area contributed by atoms with Gasteiger partial charge < -0.3 is 14.9 Å². The second kappa shape index (κ2) is 7.38. The predicted molar refractivity (Wildman–Crippen MR) is 101 cm³/mol. The number of hydrogen-bond acceptors (Lipinski definition) is 6. The summed E-state index contributed by atoms with van der Waals surface area (Å²) in [4.78, 5) is 31.4. The number of benzene rings is 1. The Bertz CT molecular complexity index is 890. The molecule has 0 unspecified atom stereocenters. The Hall–Kier alpha value is -2.29. The molecule has 1 N–H and O–H groups in total. The Balaban J connectivity index is 1.45. The lowest BCUT2D eigenvalue weighted by atomic mass is 10.1. The minimum Gasteiger partial charge on any atom is -0.390 e. The number of β-amino-alcohol motifs (C(OH)–C–C–N with tert-alkyl or cyclic N) is 1. The van der Waals surface area contributed by atoms with Gasteiger partial charge in [0.05, 0.1) is 23.7 Å². The van der Waals surface area contributed by atoms with Crippen molar-refractivity contribution in [2.75, 3.05) is 46.3 Å². The number of rotatable bonds is 3. The monoisotopic (exact) mass is 371 g/mol. The van der Waals surface area contributed by atoms with E-state index in [0.29, 0.717) is 18.5 Å². The maximum atomic E-state index is 12.7. The highest BCUT2D eigenvalue weighted by Crippen LogP contribution is 2.18. The van der Waals surface area contributed by atoms with Gasteiger partial charge in [-0.05, 0) is 13.1 Å². The lowest BCUT2D eigenvalue weighted by molar-refractivity contribution is -0.131. The van der Waals surface area contributed by atoms with E-state index in [-0.39, 0.29) is 24.1 Å². The van der Waals surface area contributed by atoms with E-state index >= 15 is 0 Å². The van der Waals surface area contributed by atoms with Crippen molar-refractivity contribution in [1.82, 2.24) is 24.5 Å². The number of likely N-dealkylation sites (N-methyl/N-ethyl adjacent to an activating group) is 1. The van der Waals surface area contributed by atoms with E-state index in [1.165, 1.54) is 4.68 Å². The highest BCUT2D eigenvalue weighted by atomic mass is 16.3. The summed E-state index contributed by atoms with van der Waals surface area (Å²) < 4.78 is 1.21. The molecule has 1 aromatic carbocycles. The topological polar surface area (TPSA) is 81.9 Å². The maximum Gasteiger partial charge on any atom is 0.275 e. The lowest BCUT2D eigenvalue weighted by Gasteiger charge is -2.37. The second-order valence-electron chi connectivity index (χ2n) is 7.47. The molecule has 2 fully saturated rings. The summed E-state index contributed by atoms with van der Waals surface area (Å²) in [6.07, 6.45) is 1.05. The summed E-state index contributed by atoms with van der Waals surface area (Å²) in [7, 11) is 2.09. The quantitative estimate of drug-likeness (QED) is 0.762. The summed E-state index contributed by atoms with van der Waals surface area (Å²) in [5.41, 5.74) is -0.267. The Labute approximate surface area is 157 Å². The summed E-state index contributed by atoms with van der Waals surface area (Å²) in [5, 5.41) is 15.9. The first-order chi connectivity index (χ1) is 13.0. The molecule has 0 radical (unpaired) electrons. The first-order valence-electron chi connectivity index (χ1n) is 9.36. The molecule has 0 spiro atoms. The minimum atomic E-state index is -0.557. The van der Waals surface area contributed by atoms with Crippen molar-refractivity contribution >= 4 is 16.7 Å². The molecule has 8 heteroatoms. The number of nitrogens with zero attached hydrogens (tertiary/aromatic N) is 5. The Kier molecular flexibility index (Phi) is 4.94. The first-order valence-corrected chi connectivity index (χ1v) is 9.36. The predicted octanol–water partition coefficient (Wildman–Crippen LogP) is -0.784. The van der Waals surface area contributed by atoms with Crippen molar-refractivity contribution in [3.8, 4) is 0 Å². The molecule has 0 bridgehead atoms. The number of fused-ring (bicyclic) bond motifs is 1. The zero-order valence-electron chi connectivity index (χ0n) is 15.5. The van der Waals surface area contributed by atoms with Crippen molar-refractivity contribution in [2.45, 2.75) is 18.7 Å². The maximum absolute atomic E-state index is 12.7. The number of aliphatic hydroxyl groups excluding tert-OH is 1. The fourth-order valence-electron chi connectivity index (χ4n) is 3.95. The van der Waals surface area contributed by atoms with Gasteiger partial charge in [0.15, 0.2) is 0 Å². The van der Waals surface area contributed by atoms with Crippen LogP contribution in [0.25, 0.3) is 10.8 Å². The van der Waals surface area contributed by atoms with E-state index in [1.807, 2.05) is 12.1 Å². The van der Waals surface area contributed by atoms with Crippen molar-refractivity contribution in [1.29, 1.82) is 0 Å². The molecule has 2 aliphatic rings. The van der Waals surface area contributed by atoms with Crippen molar-refractivity contribution in [3.05, 3.63) is 40.8 Å². The Morgan fingerprint density at radius 1 is 1.19 bits per heavy atom. The van der Waals surface area contributed by atoms with Crippen LogP contribution in [-0.2, 0) is 11.3 Å². The number of amides is 1. The Morgan fingerprint density at radius 2 is 1.93 bits per heavy atom. The molecule has 0 aliphatic carbocycles. The van der Waals surface area contributed by atoms with Gasteiger partial charge in [0.1, 0.15) is 6.54 Å². The minimum absolute atomic E-state index is 0.0380. The largest absolute Gasteiger partial charge is 0.390 e. The molecule has 1 amide bonds. The zero-order chi connectivity index (χ0) is 19.0.